The molecule has 0 saturated carbocycles. The van der Waals surface area contributed by atoms with Crippen LogP contribution in [0.2, 0.25) is 0 Å². The molecular weight excluding hydrogens is 342 g/mol. The molecule has 0 spiro atoms. The van der Waals surface area contributed by atoms with Crippen LogP contribution in [0.25, 0.3) is 0 Å². The monoisotopic (exact) mass is 369 g/mol. The van der Waals surface area contributed by atoms with Crippen LogP contribution in [-0.4, -0.2) is 60.8 Å². The van der Waals surface area contributed by atoms with Crippen LogP contribution in [0.1, 0.15) is 18.4 Å². The van der Waals surface area contributed by atoms with Crippen LogP contribution < -0.4 is 15.0 Å². The average molecular weight is 369 g/mol. The zero-order valence-electron chi connectivity index (χ0n) is 16.0. The van der Waals surface area contributed by atoms with Gasteiger partial charge in [-0.15, -0.1) is 5.10 Å². The van der Waals surface area contributed by atoms with Gasteiger partial charge in [0.1, 0.15) is 5.75 Å². The van der Waals surface area contributed by atoms with Crippen molar-refractivity contribution in [3.63, 3.8) is 0 Å². The molecule has 1 aromatic heterocycles. The number of anilines is 1. The maximum absolute atomic E-state index is 11.8. The smallest absolute Gasteiger partial charge is 0.259 e. The number of nitrogens with one attached hydrogen (secondary N) is 1. The predicted molar refractivity (Wildman–Crippen MR) is 105 cm³/mol. The summed E-state index contributed by atoms with van der Waals surface area (Å²) in [6.45, 7) is 2.66. The molecule has 0 aliphatic carbocycles. The van der Waals surface area contributed by atoms with Gasteiger partial charge in [0.25, 0.3) is 5.91 Å². The summed E-state index contributed by atoms with van der Waals surface area (Å²) in [5, 5.41) is 11.8. The molecular formula is C20H27N5O2. The molecule has 1 unspecified atom stereocenters. The fraction of sp³-hybridized carbons (Fsp3) is 0.450. The third kappa shape index (κ3) is 5.40. The minimum atomic E-state index is -0.0512. The molecule has 1 aliphatic heterocycles. The van der Waals surface area contributed by atoms with Gasteiger partial charge in [-0.3, -0.25) is 4.79 Å². The van der Waals surface area contributed by atoms with Crippen LogP contribution >= 0.6 is 0 Å². The second kappa shape index (κ2) is 9.32. The number of likely N-dealkylation sites (N-methyl/N-ethyl adjacent to an activating group) is 1. The molecule has 0 radical (unpaired) electrons. The molecule has 1 aromatic carbocycles. The minimum Gasteiger partial charge on any atom is -0.483 e. The molecule has 1 atom stereocenters. The van der Waals surface area contributed by atoms with E-state index in [1.54, 1.807) is 20.3 Å². The minimum absolute atomic E-state index is 0.0495. The molecule has 0 bridgehead atoms. The van der Waals surface area contributed by atoms with E-state index in [9.17, 15) is 4.79 Å². The van der Waals surface area contributed by atoms with Gasteiger partial charge >= 0.3 is 0 Å². The number of rotatable bonds is 7. The maximum atomic E-state index is 11.8. The third-order valence-corrected chi connectivity index (χ3v) is 4.71. The van der Waals surface area contributed by atoms with Crippen LogP contribution in [0.4, 0.5) is 5.82 Å². The first-order valence-electron chi connectivity index (χ1n) is 9.30. The van der Waals surface area contributed by atoms with Crippen molar-refractivity contribution in [2.45, 2.75) is 25.4 Å². The molecule has 2 heterocycles. The SMILES string of the molecule is CN(C)C(=O)COc1ccccc1CNC1CCCN(c2cccnn2)C1. The Balaban J connectivity index is 1.56. The average Bonchev–Trinajstić information content (AvgIpc) is 2.72. The molecule has 1 N–H and O–H groups in total. The number of amides is 1. The number of ether oxygens (including phenoxy) is 1. The summed E-state index contributed by atoms with van der Waals surface area (Å²) < 4.78 is 5.73. The fourth-order valence-corrected chi connectivity index (χ4v) is 3.13. The van der Waals surface area contributed by atoms with Gasteiger partial charge in [-0.2, -0.15) is 5.10 Å². The molecule has 1 fully saturated rings. The highest BCUT2D eigenvalue weighted by Gasteiger charge is 2.21. The lowest BCUT2D eigenvalue weighted by atomic mass is 10.0. The van der Waals surface area contributed by atoms with Crippen LogP contribution in [0.5, 0.6) is 5.75 Å². The first kappa shape index (κ1) is 19.1. The van der Waals surface area contributed by atoms with E-state index in [1.165, 1.54) is 4.90 Å². The standard InChI is InChI=1S/C20H27N5O2/c1-24(2)20(26)15-27-18-9-4-3-7-16(18)13-21-17-8-6-12-25(14-17)19-10-5-11-22-23-19/h3-5,7,9-11,17,21H,6,8,12-15H2,1-2H3. The van der Waals surface area contributed by atoms with Gasteiger partial charge in [0.2, 0.25) is 0 Å². The zero-order chi connectivity index (χ0) is 19.1. The van der Waals surface area contributed by atoms with Crippen molar-refractivity contribution in [3.05, 3.63) is 48.2 Å². The van der Waals surface area contributed by atoms with Crippen molar-refractivity contribution in [3.8, 4) is 5.75 Å². The van der Waals surface area contributed by atoms with Crippen LogP contribution in [0, 0.1) is 0 Å². The number of piperidine rings is 1. The van der Waals surface area contributed by atoms with E-state index in [0.717, 1.165) is 43.1 Å². The van der Waals surface area contributed by atoms with E-state index in [1.807, 2.05) is 36.4 Å². The molecule has 7 nitrogen and oxygen atoms in total. The van der Waals surface area contributed by atoms with Crippen molar-refractivity contribution < 1.29 is 9.53 Å². The number of para-hydroxylation sites is 1. The Morgan fingerprint density at radius 2 is 2.15 bits per heavy atom. The Bertz CT molecular complexity index is 738. The quantitative estimate of drug-likeness (QED) is 0.801. The maximum Gasteiger partial charge on any atom is 0.259 e. The highest BCUT2D eigenvalue weighted by Crippen LogP contribution is 2.20. The van der Waals surface area contributed by atoms with E-state index in [2.05, 4.69) is 20.4 Å². The van der Waals surface area contributed by atoms with Gasteiger partial charge in [0.05, 0.1) is 0 Å². The topological polar surface area (TPSA) is 70.6 Å². The van der Waals surface area contributed by atoms with E-state index in [-0.39, 0.29) is 12.5 Å². The molecule has 2 aromatic rings. The van der Waals surface area contributed by atoms with E-state index in [0.29, 0.717) is 12.6 Å². The summed E-state index contributed by atoms with van der Waals surface area (Å²) in [5.41, 5.74) is 1.06. The Hall–Kier alpha value is -2.67. The Morgan fingerprint density at radius 1 is 1.30 bits per heavy atom. The van der Waals surface area contributed by atoms with Gasteiger partial charge in [0, 0.05) is 51.5 Å². The van der Waals surface area contributed by atoms with Crippen LogP contribution in [0.15, 0.2) is 42.6 Å². The molecule has 7 heteroatoms. The Labute approximate surface area is 160 Å². The molecule has 3 rings (SSSR count). The van der Waals surface area contributed by atoms with Crippen molar-refractivity contribution in [2.75, 3.05) is 38.7 Å². The Kier molecular flexibility index (Phi) is 6.59. The number of benzene rings is 1. The summed E-state index contributed by atoms with van der Waals surface area (Å²) in [6, 6.07) is 12.2. The summed E-state index contributed by atoms with van der Waals surface area (Å²) in [6.07, 6.45) is 3.93. The lowest BCUT2D eigenvalue weighted by Crippen LogP contribution is -2.45. The number of aromatic nitrogens is 2. The summed E-state index contributed by atoms with van der Waals surface area (Å²) in [7, 11) is 3.45. The molecule has 1 aliphatic rings. The second-order valence-corrected chi connectivity index (χ2v) is 6.93. The van der Waals surface area contributed by atoms with Crippen molar-refractivity contribution in [1.82, 2.24) is 20.4 Å². The van der Waals surface area contributed by atoms with E-state index in [4.69, 9.17) is 4.74 Å². The summed E-state index contributed by atoms with van der Waals surface area (Å²) >= 11 is 0. The molecule has 144 valence electrons. The first-order chi connectivity index (χ1) is 13.1. The number of nitrogens with zero attached hydrogens (tertiary/aromatic N) is 4. The van der Waals surface area contributed by atoms with Crippen molar-refractivity contribution in [2.24, 2.45) is 0 Å². The number of carbonyl (C=O) groups excluding carboxylic acids is 1. The number of hydrogen-bond donors (Lipinski definition) is 1. The van der Waals surface area contributed by atoms with Crippen molar-refractivity contribution >= 4 is 11.7 Å². The van der Waals surface area contributed by atoms with Crippen molar-refractivity contribution in [1.29, 1.82) is 0 Å². The fourth-order valence-electron chi connectivity index (χ4n) is 3.13. The first-order valence-corrected chi connectivity index (χ1v) is 9.30. The Morgan fingerprint density at radius 3 is 2.93 bits per heavy atom. The van der Waals surface area contributed by atoms with Gasteiger partial charge in [-0.25, -0.2) is 0 Å². The van der Waals surface area contributed by atoms with E-state index < -0.39 is 0 Å². The lowest BCUT2D eigenvalue weighted by molar-refractivity contribution is -0.130. The predicted octanol–water partition coefficient (Wildman–Crippen LogP) is 1.70. The second-order valence-electron chi connectivity index (χ2n) is 6.93. The number of hydrogen-bond acceptors (Lipinski definition) is 6. The van der Waals surface area contributed by atoms with E-state index >= 15 is 0 Å². The normalized spacial score (nSPS) is 16.8. The summed E-state index contributed by atoms with van der Waals surface area (Å²) in [4.78, 5) is 15.6. The van der Waals surface area contributed by atoms with Gasteiger partial charge in [-0.05, 0) is 31.0 Å². The van der Waals surface area contributed by atoms with Gasteiger partial charge in [-0.1, -0.05) is 18.2 Å². The lowest BCUT2D eigenvalue weighted by Gasteiger charge is -2.33. The van der Waals surface area contributed by atoms with Gasteiger partial charge in [0.15, 0.2) is 12.4 Å². The zero-order valence-corrected chi connectivity index (χ0v) is 16.0. The molecule has 1 saturated heterocycles. The highest BCUT2D eigenvalue weighted by molar-refractivity contribution is 5.77. The van der Waals surface area contributed by atoms with Gasteiger partial charge < -0.3 is 19.9 Å². The summed E-state index contributed by atoms with van der Waals surface area (Å²) in [5.74, 6) is 1.63. The third-order valence-electron chi connectivity index (χ3n) is 4.71. The van der Waals surface area contributed by atoms with Crippen LogP contribution in [0.3, 0.4) is 0 Å². The van der Waals surface area contributed by atoms with Crippen LogP contribution in [-0.2, 0) is 11.3 Å². The largest absolute Gasteiger partial charge is 0.483 e. The molecule has 27 heavy (non-hydrogen) atoms. The number of carbonyl (C=O) groups is 1. The highest BCUT2D eigenvalue weighted by atomic mass is 16.5. The molecule has 1 amide bonds.